The number of thiophene rings is 1. The first-order valence-corrected chi connectivity index (χ1v) is 11.5. The monoisotopic (exact) mass is 506 g/mol. The number of amides is 1. The fraction of sp³-hybridized carbons (Fsp3) is 0.136. The smallest absolute Gasteiger partial charge is 0.268 e. The van der Waals surface area contributed by atoms with Crippen molar-refractivity contribution >= 4 is 58.0 Å². The molecule has 1 N–H and O–H groups in total. The summed E-state index contributed by atoms with van der Waals surface area (Å²) in [7, 11) is 0. The van der Waals surface area contributed by atoms with E-state index >= 15 is 0 Å². The normalized spacial score (nSPS) is 10.9. The summed E-state index contributed by atoms with van der Waals surface area (Å²) < 4.78 is 7.43. The van der Waals surface area contributed by atoms with E-state index in [1.165, 1.54) is 17.7 Å². The largest absolute Gasteiger partial charge is 0.489 e. The topological polar surface area (TPSA) is 69.0 Å². The van der Waals surface area contributed by atoms with Crippen molar-refractivity contribution in [3.63, 3.8) is 0 Å². The first-order chi connectivity index (χ1) is 15.4. The highest BCUT2D eigenvalue weighted by molar-refractivity contribution is 7.12. The molecule has 0 aliphatic heterocycles. The van der Waals surface area contributed by atoms with Crippen molar-refractivity contribution < 1.29 is 9.53 Å². The van der Waals surface area contributed by atoms with Gasteiger partial charge in [-0.05, 0) is 59.8 Å². The van der Waals surface area contributed by atoms with Crippen LogP contribution in [0, 0.1) is 6.92 Å². The molecule has 0 saturated heterocycles. The Morgan fingerprint density at radius 1 is 1.12 bits per heavy atom. The van der Waals surface area contributed by atoms with Crippen LogP contribution in [0.4, 0.5) is 5.95 Å². The number of hydrogen-bond donors (Lipinski definition) is 1. The summed E-state index contributed by atoms with van der Waals surface area (Å²) in [6.45, 7) is 2.69. The van der Waals surface area contributed by atoms with Gasteiger partial charge in [-0.2, -0.15) is 0 Å². The predicted octanol–water partition coefficient (Wildman–Crippen LogP) is 6.49. The van der Waals surface area contributed by atoms with Gasteiger partial charge < -0.3 is 4.74 Å². The van der Waals surface area contributed by atoms with Crippen molar-refractivity contribution in [2.75, 3.05) is 5.32 Å². The second-order valence-electron chi connectivity index (χ2n) is 6.97. The number of nitrogens with one attached hydrogen (secondary N) is 1. The lowest BCUT2D eigenvalue weighted by molar-refractivity contribution is 0.102. The molecule has 0 radical (unpaired) electrons. The van der Waals surface area contributed by atoms with E-state index in [1.54, 1.807) is 28.9 Å². The third-order valence-electron chi connectivity index (χ3n) is 4.52. The van der Waals surface area contributed by atoms with Gasteiger partial charge >= 0.3 is 0 Å². The van der Waals surface area contributed by atoms with Crippen LogP contribution in [0.25, 0.3) is 0 Å². The maximum absolute atomic E-state index is 12.6. The molecule has 0 fully saturated rings. The average molecular weight is 508 g/mol. The molecule has 2 aromatic heterocycles. The SMILES string of the molecule is Cc1cc(Cl)ccc1OCc1csc(C(=O)Nc2ncn(Cc3ccc(Cl)cc3Cl)n2)c1. The van der Waals surface area contributed by atoms with Crippen LogP contribution in [0.15, 0.2) is 54.2 Å². The predicted molar refractivity (Wildman–Crippen MR) is 128 cm³/mol. The molecule has 0 atom stereocenters. The molecule has 0 saturated carbocycles. The number of benzene rings is 2. The highest BCUT2D eigenvalue weighted by Crippen LogP contribution is 2.24. The van der Waals surface area contributed by atoms with Crippen molar-refractivity contribution in [2.24, 2.45) is 0 Å². The Labute approximate surface area is 203 Å². The quantitative estimate of drug-likeness (QED) is 0.310. The first kappa shape index (κ1) is 22.6. The zero-order chi connectivity index (χ0) is 22.7. The molecule has 0 aliphatic carbocycles. The summed E-state index contributed by atoms with van der Waals surface area (Å²) in [5.74, 6) is 0.677. The Hall–Kier alpha value is -2.58. The highest BCUT2D eigenvalue weighted by atomic mass is 35.5. The molecule has 0 aliphatic rings. The lowest BCUT2D eigenvalue weighted by atomic mass is 10.2. The van der Waals surface area contributed by atoms with E-state index in [9.17, 15) is 4.79 Å². The molecule has 1 amide bonds. The lowest BCUT2D eigenvalue weighted by Crippen LogP contribution is -2.12. The molecule has 6 nitrogen and oxygen atoms in total. The Kier molecular flexibility index (Phi) is 7.01. The molecule has 0 bridgehead atoms. The van der Waals surface area contributed by atoms with E-state index in [0.717, 1.165) is 22.4 Å². The second-order valence-corrected chi connectivity index (χ2v) is 9.16. The number of aromatic nitrogens is 3. The molecule has 2 heterocycles. The lowest BCUT2D eigenvalue weighted by Gasteiger charge is -2.08. The third kappa shape index (κ3) is 5.61. The van der Waals surface area contributed by atoms with Crippen LogP contribution in [0.3, 0.4) is 0 Å². The van der Waals surface area contributed by atoms with Gasteiger partial charge in [0, 0.05) is 20.6 Å². The molecule has 4 aromatic rings. The fourth-order valence-corrected chi connectivity index (χ4v) is 4.41. The maximum Gasteiger partial charge on any atom is 0.268 e. The Bertz CT molecular complexity index is 1270. The van der Waals surface area contributed by atoms with Crippen molar-refractivity contribution in [3.05, 3.63) is 90.8 Å². The zero-order valence-electron chi connectivity index (χ0n) is 16.8. The van der Waals surface area contributed by atoms with Gasteiger partial charge in [-0.1, -0.05) is 40.9 Å². The van der Waals surface area contributed by atoms with Gasteiger partial charge in [-0.25, -0.2) is 9.67 Å². The number of anilines is 1. The van der Waals surface area contributed by atoms with Crippen molar-refractivity contribution in [2.45, 2.75) is 20.1 Å². The molecule has 32 heavy (non-hydrogen) atoms. The molecule has 10 heteroatoms. The molecule has 164 valence electrons. The number of aryl methyl sites for hydroxylation is 1. The number of hydrogen-bond acceptors (Lipinski definition) is 5. The number of carbonyl (C=O) groups excluding carboxylic acids is 1. The van der Waals surface area contributed by atoms with E-state index in [2.05, 4.69) is 15.4 Å². The van der Waals surface area contributed by atoms with E-state index in [4.69, 9.17) is 39.5 Å². The van der Waals surface area contributed by atoms with Crippen LogP contribution >= 0.6 is 46.1 Å². The fourth-order valence-electron chi connectivity index (χ4n) is 2.92. The van der Waals surface area contributed by atoms with Gasteiger partial charge in [0.1, 0.15) is 18.7 Å². The number of carbonyl (C=O) groups is 1. The minimum atomic E-state index is -0.286. The molecule has 2 aromatic carbocycles. The zero-order valence-corrected chi connectivity index (χ0v) is 19.9. The van der Waals surface area contributed by atoms with Gasteiger partial charge in [0.25, 0.3) is 5.91 Å². The number of halogens is 3. The summed E-state index contributed by atoms with van der Waals surface area (Å²) in [6.07, 6.45) is 1.53. The minimum absolute atomic E-state index is 0.211. The molecule has 4 rings (SSSR count). The van der Waals surface area contributed by atoms with Crippen LogP contribution in [0.2, 0.25) is 15.1 Å². The summed E-state index contributed by atoms with van der Waals surface area (Å²) in [6, 6.07) is 12.5. The van der Waals surface area contributed by atoms with Crippen LogP contribution in [-0.4, -0.2) is 20.7 Å². The summed E-state index contributed by atoms with van der Waals surface area (Å²) in [4.78, 5) is 17.3. The first-order valence-electron chi connectivity index (χ1n) is 9.48. The van der Waals surface area contributed by atoms with E-state index in [0.29, 0.717) is 33.1 Å². The van der Waals surface area contributed by atoms with Crippen molar-refractivity contribution in [3.8, 4) is 5.75 Å². The minimum Gasteiger partial charge on any atom is -0.489 e. The van der Waals surface area contributed by atoms with Crippen LogP contribution in [0.1, 0.15) is 26.4 Å². The molecule has 0 spiro atoms. The van der Waals surface area contributed by atoms with Gasteiger partial charge in [-0.3, -0.25) is 10.1 Å². The van der Waals surface area contributed by atoms with Gasteiger partial charge in [0.05, 0.1) is 11.4 Å². The Morgan fingerprint density at radius 3 is 2.69 bits per heavy atom. The van der Waals surface area contributed by atoms with E-state index in [1.807, 2.05) is 30.5 Å². The van der Waals surface area contributed by atoms with E-state index < -0.39 is 0 Å². The summed E-state index contributed by atoms with van der Waals surface area (Å²) in [5, 5.41) is 10.6. The summed E-state index contributed by atoms with van der Waals surface area (Å²) in [5.41, 5.74) is 2.69. The standard InChI is InChI=1S/C22H17Cl3N4O2S/c1-13-6-16(23)4-5-19(13)31-10-14-7-20(32-11-14)21(30)27-22-26-12-29(28-22)9-15-2-3-17(24)8-18(15)25/h2-8,11-12H,9-10H2,1H3,(H,27,28,30). The number of nitrogens with zero attached hydrogens (tertiary/aromatic N) is 3. The number of ether oxygens (including phenoxy) is 1. The van der Waals surface area contributed by atoms with Crippen LogP contribution < -0.4 is 10.1 Å². The third-order valence-corrected chi connectivity index (χ3v) is 6.32. The van der Waals surface area contributed by atoms with E-state index in [-0.39, 0.29) is 11.9 Å². The van der Waals surface area contributed by atoms with Gasteiger partial charge in [0.2, 0.25) is 5.95 Å². The van der Waals surface area contributed by atoms with Crippen molar-refractivity contribution in [1.29, 1.82) is 0 Å². The maximum atomic E-state index is 12.6. The van der Waals surface area contributed by atoms with Crippen molar-refractivity contribution in [1.82, 2.24) is 14.8 Å². The Morgan fingerprint density at radius 2 is 1.91 bits per heavy atom. The number of rotatable bonds is 7. The summed E-state index contributed by atoms with van der Waals surface area (Å²) >= 11 is 19.4. The molecular formula is C22H17Cl3N4O2S. The Balaban J connectivity index is 1.35. The van der Waals surface area contributed by atoms with Gasteiger partial charge in [0.15, 0.2) is 0 Å². The highest BCUT2D eigenvalue weighted by Gasteiger charge is 2.13. The second kappa shape index (κ2) is 9.92. The molecular weight excluding hydrogens is 491 g/mol. The van der Waals surface area contributed by atoms with Gasteiger partial charge in [-0.15, -0.1) is 16.4 Å². The van der Waals surface area contributed by atoms with Crippen LogP contribution in [-0.2, 0) is 13.2 Å². The average Bonchev–Trinajstić information content (AvgIpc) is 3.39. The molecule has 0 unspecified atom stereocenters. The van der Waals surface area contributed by atoms with Crippen LogP contribution in [0.5, 0.6) is 5.75 Å².